The van der Waals surface area contributed by atoms with Gasteiger partial charge in [0.2, 0.25) is 0 Å². The first-order chi connectivity index (χ1) is 4.61. The molecule has 0 spiro atoms. The van der Waals surface area contributed by atoms with Crippen LogP contribution in [0, 0.1) is 0 Å². The molecule has 0 radical (unpaired) electrons. The summed E-state index contributed by atoms with van der Waals surface area (Å²) >= 11 is 0. The van der Waals surface area contributed by atoms with Gasteiger partial charge < -0.3 is 10.2 Å². The molecule has 0 saturated carbocycles. The van der Waals surface area contributed by atoms with Crippen LogP contribution in [0.3, 0.4) is 0 Å². The highest BCUT2D eigenvalue weighted by Gasteiger charge is 2.24. The molecular weight excluding hydrogens is 124 g/mol. The van der Waals surface area contributed by atoms with Crippen LogP contribution in [0.25, 0.3) is 0 Å². The molecule has 1 aliphatic heterocycles. The lowest BCUT2D eigenvalue weighted by Gasteiger charge is -2.39. The Labute approximate surface area is 63.6 Å². The van der Waals surface area contributed by atoms with Gasteiger partial charge in [-0.1, -0.05) is 0 Å². The molecule has 3 atom stereocenters. The second-order valence-corrected chi connectivity index (χ2v) is 3.54. The fourth-order valence-electron chi connectivity index (χ4n) is 1.62. The molecule has 10 heavy (non-hydrogen) atoms. The highest BCUT2D eigenvalue weighted by atomic mass is 15.2. The molecule has 2 heteroatoms. The van der Waals surface area contributed by atoms with Crippen molar-refractivity contribution in [1.29, 1.82) is 0 Å². The fraction of sp³-hybridized carbons (Fsp3) is 1.00. The summed E-state index contributed by atoms with van der Waals surface area (Å²) in [4.78, 5) is 2.41. The second kappa shape index (κ2) is 2.89. The van der Waals surface area contributed by atoms with Crippen molar-refractivity contribution in [3.8, 4) is 0 Å². The predicted octanol–water partition coefficient (Wildman–Crippen LogP) is 0.687. The molecule has 0 aromatic rings. The van der Waals surface area contributed by atoms with Gasteiger partial charge >= 0.3 is 0 Å². The number of hydrogen-bond acceptors (Lipinski definition) is 2. The van der Waals surface area contributed by atoms with Crippen molar-refractivity contribution in [1.82, 2.24) is 10.2 Å². The zero-order valence-corrected chi connectivity index (χ0v) is 7.39. The molecule has 0 aliphatic carbocycles. The molecule has 0 aromatic carbocycles. The smallest absolute Gasteiger partial charge is 0.0216 e. The molecule has 60 valence electrons. The van der Waals surface area contributed by atoms with Gasteiger partial charge in [-0.25, -0.2) is 0 Å². The van der Waals surface area contributed by atoms with E-state index >= 15 is 0 Å². The largest absolute Gasteiger partial charge is 0.309 e. The molecule has 1 saturated heterocycles. The molecule has 1 aliphatic rings. The topological polar surface area (TPSA) is 15.3 Å². The van der Waals surface area contributed by atoms with Gasteiger partial charge in [-0.05, 0) is 27.8 Å². The van der Waals surface area contributed by atoms with Crippen molar-refractivity contribution < 1.29 is 0 Å². The van der Waals surface area contributed by atoms with E-state index in [1.807, 2.05) is 0 Å². The van der Waals surface area contributed by atoms with E-state index in [-0.39, 0.29) is 0 Å². The van der Waals surface area contributed by atoms with Gasteiger partial charge in [0.05, 0.1) is 0 Å². The zero-order chi connectivity index (χ0) is 7.72. The maximum absolute atomic E-state index is 3.52. The lowest BCUT2D eigenvalue weighted by Crippen LogP contribution is -2.57. The van der Waals surface area contributed by atoms with Crippen molar-refractivity contribution in [2.45, 2.75) is 38.9 Å². The van der Waals surface area contributed by atoms with Crippen LogP contribution in [0.15, 0.2) is 0 Å². The van der Waals surface area contributed by atoms with Gasteiger partial charge in [0.25, 0.3) is 0 Å². The minimum atomic E-state index is 0.633. The van der Waals surface area contributed by atoms with Crippen LogP contribution in [0.2, 0.25) is 0 Å². The Bertz CT molecular complexity index is 102. The normalized spacial score (nSPS) is 43.8. The summed E-state index contributed by atoms with van der Waals surface area (Å²) in [5.74, 6) is 0. The van der Waals surface area contributed by atoms with Crippen LogP contribution < -0.4 is 5.32 Å². The monoisotopic (exact) mass is 142 g/mol. The molecule has 1 fully saturated rings. The van der Waals surface area contributed by atoms with Crippen LogP contribution in [-0.4, -0.2) is 36.6 Å². The lowest BCUT2D eigenvalue weighted by molar-refractivity contribution is 0.141. The number of piperazine rings is 1. The number of nitrogens with one attached hydrogen (secondary N) is 1. The minimum absolute atomic E-state index is 0.633. The van der Waals surface area contributed by atoms with Crippen molar-refractivity contribution in [3.05, 3.63) is 0 Å². The Kier molecular flexibility index (Phi) is 2.32. The van der Waals surface area contributed by atoms with Gasteiger partial charge in [0, 0.05) is 24.7 Å². The summed E-state index contributed by atoms with van der Waals surface area (Å²) < 4.78 is 0. The van der Waals surface area contributed by atoms with Crippen LogP contribution >= 0.6 is 0 Å². The molecule has 1 N–H and O–H groups in total. The summed E-state index contributed by atoms with van der Waals surface area (Å²) in [5.41, 5.74) is 0. The quantitative estimate of drug-likeness (QED) is 0.535. The number of likely N-dealkylation sites (N-methyl/N-ethyl adjacent to an activating group) is 1. The van der Waals surface area contributed by atoms with Crippen molar-refractivity contribution in [2.24, 2.45) is 0 Å². The van der Waals surface area contributed by atoms with E-state index in [9.17, 15) is 0 Å². The average molecular weight is 142 g/mol. The Hall–Kier alpha value is -0.0800. The molecular formula is C8H18N2. The average Bonchev–Trinajstić information content (AvgIpc) is 1.82. The maximum atomic E-state index is 3.52. The first-order valence-electron chi connectivity index (χ1n) is 4.07. The van der Waals surface area contributed by atoms with Gasteiger partial charge in [-0.15, -0.1) is 0 Å². The molecule has 0 unspecified atom stereocenters. The summed E-state index contributed by atoms with van der Waals surface area (Å²) in [7, 11) is 2.19. The van der Waals surface area contributed by atoms with Gasteiger partial charge in [0.15, 0.2) is 0 Å². The van der Waals surface area contributed by atoms with Gasteiger partial charge in [0.1, 0.15) is 0 Å². The Balaban J connectivity index is 2.49. The van der Waals surface area contributed by atoms with E-state index in [2.05, 4.69) is 38.0 Å². The summed E-state index contributed by atoms with van der Waals surface area (Å²) in [6, 6.07) is 1.96. The third kappa shape index (κ3) is 1.50. The molecule has 1 rings (SSSR count). The summed E-state index contributed by atoms with van der Waals surface area (Å²) in [6.07, 6.45) is 0. The first kappa shape index (κ1) is 8.02. The van der Waals surface area contributed by atoms with Gasteiger partial charge in [-0.3, -0.25) is 0 Å². The second-order valence-electron chi connectivity index (χ2n) is 3.54. The van der Waals surface area contributed by atoms with Crippen LogP contribution in [-0.2, 0) is 0 Å². The highest BCUT2D eigenvalue weighted by Crippen LogP contribution is 2.08. The SMILES string of the molecule is C[C@@H]1[C@@H](C)N[C@@H](C)CN1C. The number of nitrogens with zero attached hydrogens (tertiary/aromatic N) is 1. The van der Waals surface area contributed by atoms with E-state index in [4.69, 9.17) is 0 Å². The zero-order valence-electron chi connectivity index (χ0n) is 7.39. The Morgan fingerprint density at radius 3 is 2.40 bits per heavy atom. The molecule has 0 amide bonds. The van der Waals surface area contributed by atoms with Crippen LogP contribution in [0.1, 0.15) is 20.8 Å². The fourth-order valence-corrected chi connectivity index (χ4v) is 1.62. The Morgan fingerprint density at radius 2 is 1.90 bits per heavy atom. The minimum Gasteiger partial charge on any atom is -0.309 e. The maximum Gasteiger partial charge on any atom is 0.0216 e. The van der Waals surface area contributed by atoms with Crippen LogP contribution in [0.4, 0.5) is 0 Å². The van der Waals surface area contributed by atoms with Crippen molar-refractivity contribution in [2.75, 3.05) is 13.6 Å². The van der Waals surface area contributed by atoms with Gasteiger partial charge in [-0.2, -0.15) is 0 Å². The highest BCUT2D eigenvalue weighted by molar-refractivity contribution is 4.85. The van der Waals surface area contributed by atoms with Crippen molar-refractivity contribution >= 4 is 0 Å². The molecule has 0 aromatic heterocycles. The molecule has 0 bridgehead atoms. The van der Waals surface area contributed by atoms with E-state index < -0.39 is 0 Å². The lowest BCUT2D eigenvalue weighted by atomic mass is 10.1. The third-order valence-electron chi connectivity index (χ3n) is 2.53. The van der Waals surface area contributed by atoms with E-state index in [1.165, 1.54) is 6.54 Å². The molecule has 1 heterocycles. The van der Waals surface area contributed by atoms with E-state index in [1.54, 1.807) is 0 Å². The van der Waals surface area contributed by atoms with E-state index in [0.717, 1.165) is 0 Å². The Morgan fingerprint density at radius 1 is 1.30 bits per heavy atom. The summed E-state index contributed by atoms with van der Waals surface area (Å²) in [5, 5.41) is 3.52. The first-order valence-corrected chi connectivity index (χ1v) is 4.07. The number of rotatable bonds is 0. The standard InChI is InChI=1S/C8H18N2/c1-6-5-10(4)8(3)7(2)9-6/h6-9H,5H2,1-4H3/t6-,7+,8+/m0/s1. The van der Waals surface area contributed by atoms with Crippen molar-refractivity contribution in [3.63, 3.8) is 0 Å². The predicted molar refractivity (Wildman–Crippen MR) is 44.2 cm³/mol. The van der Waals surface area contributed by atoms with Crippen LogP contribution in [0.5, 0.6) is 0 Å². The van der Waals surface area contributed by atoms with E-state index in [0.29, 0.717) is 18.1 Å². The summed E-state index contributed by atoms with van der Waals surface area (Å²) in [6.45, 7) is 7.92. The number of hydrogen-bond donors (Lipinski definition) is 1. The third-order valence-corrected chi connectivity index (χ3v) is 2.53. The molecule has 2 nitrogen and oxygen atoms in total.